The number of ether oxygens (including phenoxy) is 1. The van der Waals surface area contributed by atoms with Gasteiger partial charge in [-0.3, -0.25) is 4.68 Å². The third-order valence-corrected chi connectivity index (χ3v) is 3.42. The van der Waals surface area contributed by atoms with Crippen LogP contribution < -0.4 is 10.1 Å². The van der Waals surface area contributed by atoms with E-state index in [9.17, 15) is 0 Å². The fourth-order valence-corrected chi connectivity index (χ4v) is 2.18. The van der Waals surface area contributed by atoms with Gasteiger partial charge in [0.05, 0.1) is 18.8 Å². The lowest BCUT2D eigenvalue weighted by Gasteiger charge is -2.16. The topological polar surface area (TPSA) is 39.1 Å². The molecule has 2 rings (SSSR count). The monoisotopic (exact) mass is 273 g/mol. The summed E-state index contributed by atoms with van der Waals surface area (Å²) < 4.78 is 7.67. The van der Waals surface area contributed by atoms with Crippen molar-refractivity contribution in [2.24, 2.45) is 0 Å². The second-order valence-corrected chi connectivity index (χ2v) is 4.97. The summed E-state index contributed by atoms with van der Waals surface area (Å²) in [5.74, 6) is 0.938. The minimum absolute atomic E-state index is 0.323. The molecule has 20 heavy (non-hydrogen) atoms. The molecule has 0 radical (unpaired) electrons. The average Bonchev–Trinajstić information content (AvgIpc) is 2.85. The Morgan fingerprint density at radius 2 is 2.15 bits per heavy atom. The first-order chi connectivity index (χ1) is 9.63. The van der Waals surface area contributed by atoms with E-state index in [1.165, 1.54) is 5.56 Å². The highest BCUT2D eigenvalue weighted by Crippen LogP contribution is 2.24. The van der Waals surface area contributed by atoms with Gasteiger partial charge in [0.1, 0.15) is 5.75 Å². The van der Waals surface area contributed by atoms with Crippen LogP contribution in [-0.4, -0.2) is 23.4 Å². The average molecular weight is 273 g/mol. The summed E-state index contributed by atoms with van der Waals surface area (Å²) >= 11 is 0. The molecule has 0 saturated carbocycles. The Morgan fingerprint density at radius 1 is 1.35 bits per heavy atom. The van der Waals surface area contributed by atoms with Crippen LogP contribution in [0.4, 0.5) is 0 Å². The smallest absolute Gasteiger partial charge is 0.124 e. The molecule has 1 unspecified atom stereocenters. The summed E-state index contributed by atoms with van der Waals surface area (Å²) in [7, 11) is 1.97. The van der Waals surface area contributed by atoms with Crippen LogP contribution in [0.5, 0.6) is 5.75 Å². The lowest BCUT2D eigenvalue weighted by atomic mass is 10.0. The Hall–Kier alpha value is -1.81. The van der Waals surface area contributed by atoms with Crippen molar-refractivity contribution in [3.05, 3.63) is 47.3 Å². The highest BCUT2D eigenvalue weighted by Gasteiger charge is 2.10. The van der Waals surface area contributed by atoms with Gasteiger partial charge in [0, 0.05) is 17.8 Å². The number of nitrogens with one attached hydrogen (secondary N) is 1. The predicted molar refractivity (Wildman–Crippen MR) is 81.2 cm³/mol. The minimum Gasteiger partial charge on any atom is -0.494 e. The van der Waals surface area contributed by atoms with E-state index in [1.807, 2.05) is 37.8 Å². The fraction of sp³-hybridized carbons (Fsp3) is 0.438. The summed E-state index contributed by atoms with van der Waals surface area (Å²) in [5, 5.41) is 7.71. The van der Waals surface area contributed by atoms with Gasteiger partial charge < -0.3 is 10.1 Å². The van der Waals surface area contributed by atoms with E-state index in [-0.39, 0.29) is 0 Å². The number of aryl methyl sites for hydroxylation is 1. The molecule has 108 valence electrons. The molecule has 0 aliphatic heterocycles. The zero-order valence-corrected chi connectivity index (χ0v) is 12.7. The van der Waals surface area contributed by atoms with Crippen LogP contribution in [0.3, 0.4) is 0 Å². The lowest BCUT2D eigenvalue weighted by molar-refractivity contribution is 0.335. The molecule has 1 atom stereocenters. The summed E-state index contributed by atoms with van der Waals surface area (Å²) in [4.78, 5) is 0. The van der Waals surface area contributed by atoms with Gasteiger partial charge in [-0.1, -0.05) is 6.07 Å². The second kappa shape index (κ2) is 6.57. The molecule has 0 saturated heterocycles. The SMILES string of the molecule is CCOc1ccc(C(C)NC)cc1Cn1ccc(C)n1. The molecule has 4 nitrogen and oxygen atoms in total. The second-order valence-electron chi connectivity index (χ2n) is 4.97. The van der Waals surface area contributed by atoms with Gasteiger partial charge in [0.25, 0.3) is 0 Å². The van der Waals surface area contributed by atoms with Gasteiger partial charge in [0.15, 0.2) is 0 Å². The zero-order chi connectivity index (χ0) is 14.5. The van der Waals surface area contributed by atoms with E-state index in [4.69, 9.17) is 4.74 Å². The molecule has 0 aliphatic rings. The highest BCUT2D eigenvalue weighted by atomic mass is 16.5. The highest BCUT2D eigenvalue weighted by molar-refractivity contribution is 5.38. The standard InChI is InChI=1S/C16H23N3O/c1-5-20-16-7-6-14(13(3)17-4)10-15(16)11-19-9-8-12(2)18-19/h6-10,13,17H,5,11H2,1-4H3. The molecule has 1 aromatic carbocycles. The normalized spacial score (nSPS) is 12.4. The van der Waals surface area contributed by atoms with E-state index in [0.717, 1.165) is 23.6 Å². The number of nitrogens with zero attached hydrogens (tertiary/aromatic N) is 2. The largest absolute Gasteiger partial charge is 0.494 e. The van der Waals surface area contributed by atoms with Crippen LogP contribution in [-0.2, 0) is 6.54 Å². The van der Waals surface area contributed by atoms with E-state index in [0.29, 0.717) is 12.6 Å². The minimum atomic E-state index is 0.323. The molecule has 0 spiro atoms. The first-order valence-electron chi connectivity index (χ1n) is 7.07. The van der Waals surface area contributed by atoms with E-state index in [2.05, 4.69) is 35.5 Å². The van der Waals surface area contributed by atoms with Gasteiger partial charge >= 0.3 is 0 Å². The molecule has 0 aliphatic carbocycles. The van der Waals surface area contributed by atoms with Crippen molar-refractivity contribution in [3.63, 3.8) is 0 Å². The Kier molecular flexibility index (Phi) is 4.79. The zero-order valence-electron chi connectivity index (χ0n) is 12.7. The van der Waals surface area contributed by atoms with Crippen molar-refractivity contribution in [1.82, 2.24) is 15.1 Å². The van der Waals surface area contributed by atoms with E-state index in [1.54, 1.807) is 0 Å². The van der Waals surface area contributed by atoms with Crippen molar-refractivity contribution in [2.75, 3.05) is 13.7 Å². The number of aromatic nitrogens is 2. The first-order valence-corrected chi connectivity index (χ1v) is 7.07. The molecule has 0 bridgehead atoms. The third-order valence-electron chi connectivity index (χ3n) is 3.42. The Balaban J connectivity index is 2.30. The molecular formula is C16H23N3O. The summed E-state index contributed by atoms with van der Waals surface area (Å²) in [6.45, 7) is 7.56. The quantitative estimate of drug-likeness (QED) is 0.879. The Morgan fingerprint density at radius 3 is 2.75 bits per heavy atom. The maximum absolute atomic E-state index is 5.72. The van der Waals surface area contributed by atoms with Gasteiger partial charge in [-0.15, -0.1) is 0 Å². The van der Waals surface area contributed by atoms with Crippen LogP contribution in [0.1, 0.15) is 36.7 Å². The summed E-state index contributed by atoms with van der Waals surface area (Å²) in [5.41, 5.74) is 3.45. The number of benzene rings is 1. The van der Waals surface area contributed by atoms with Crippen LogP contribution >= 0.6 is 0 Å². The van der Waals surface area contributed by atoms with Crippen LogP contribution in [0.2, 0.25) is 0 Å². The molecule has 1 heterocycles. The number of hydrogen-bond acceptors (Lipinski definition) is 3. The van der Waals surface area contributed by atoms with Gasteiger partial charge in [-0.25, -0.2) is 0 Å². The molecule has 2 aromatic rings. The molecular weight excluding hydrogens is 250 g/mol. The van der Waals surface area contributed by atoms with E-state index >= 15 is 0 Å². The number of hydrogen-bond donors (Lipinski definition) is 1. The molecule has 0 fully saturated rings. The van der Waals surface area contributed by atoms with Crippen LogP contribution in [0, 0.1) is 6.92 Å². The fourth-order valence-electron chi connectivity index (χ4n) is 2.18. The van der Waals surface area contributed by atoms with Crippen molar-refractivity contribution >= 4 is 0 Å². The van der Waals surface area contributed by atoms with Gasteiger partial charge in [-0.05, 0) is 51.6 Å². The van der Waals surface area contributed by atoms with Gasteiger partial charge in [-0.2, -0.15) is 5.10 Å². The third kappa shape index (κ3) is 3.39. The molecule has 1 N–H and O–H groups in total. The molecule has 4 heteroatoms. The van der Waals surface area contributed by atoms with Crippen molar-refractivity contribution in [2.45, 2.75) is 33.4 Å². The van der Waals surface area contributed by atoms with Crippen LogP contribution in [0.25, 0.3) is 0 Å². The summed E-state index contributed by atoms with van der Waals surface area (Å²) in [6, 6.07) is 8.70. The number of rotatable bonds is 6. The molecule has 1 aromatic heterocycles. The maximum atomic E-state index is 5.72. The van der Waals surface area contributed by atoms with Gasteiger partial charge in [0.2, 0.25) is 0 Å². The Bertz CT molecular complexity index is 563. The first kappa shape index (κ1) is 14.6. The maximum Gasteiger partial charge on any atom is 0.124 e. The van der Waals surface area contributed by atoms with Crippen molar-refractivity contribution in [1.29, 1.82) is 0 Å². The lowest BCUT2D eigenvalue weighted by Crippen LogP contribution is -2.13. The Labute approximate surface area is 120 Å². The van der Waals surface area contributed by atoms with Crippen molar-refractivity contribution < 1.29 is 4.74 Å². The van der Waals surface area contributed by atoms with Crippen LogP contribution in [0.15, 0.2) is 30.5 Å². The molecule has 0 amide bonds. The summed E-state index contributed by atoms with van der Waals surface area (Å²) in [6.07, 6.45) is 2.00. The predicted octanol–water partition coefficient (Wildman–Crippen LogP) is 2.92. The van der Waals surface area contributed by atoms with Crippen molar-refractivity contribution in [3.8, 4) is 5.75 Å². The van der Waals surface area contributed by atoms with E-state index < -0.39 is 0 Å².